The fraction of sp³-hybridized carbons (Fsp3) is 0.385. The first-order chi connectivity index (χ1) is 18.5. The fourth-order valence-corrected chi connectivity index (χ4v) is 5.49. The molecule has 1 amide bonds. The summed E-state index contributed by atoms with van der Waals surface area (Å²) in [6.07, 6.45) is 1.81. The second-order valence-electron chi connectivity index (χ2n) is 9.62. The number of benzene rings is 2. The molecule has 12 nitrogen and oxygen atoms in total. The summed E-state index contributed by atoms with van der Waals surface area (Å²) >= 11 is 0. The molecule has 3 aromatic rings. The molecule has 1 aromatic heterocycles. The van der Waals surface area contributed by atoms with Crippen molar-refractivity contribution in [3.8, 4) is 23.1 Å². The van der Waals surface area contributed by atoms with E-state index in [1.165, 1.54) is 17.9 Å². The Balaban J connectivity index is 1.84. The van der Waals surface area contributed by atoms with Crippen LogP contribution in [0.5, 0.6) is 17.4 Å². The van der Waals surface area contributed by atoms with Crippen molar-refractivity contribution in [2.24, 2.45) is 5.92 Å². The molecule has 0 radical (unpaired) electrons. The lowest BCUT2D eigenvalue weighted by Crippen LogP contribution is -2.28. The first-order valence-electron chi connectivity index (χ1n) is 12.5. The molecular weight excluding hydrogens is 526 g/mol. The molecule has 1 aliphatic heterocycles. The van der Waals surface area contributed by atoms with Gasteiger partial charge < -0.3 is 14.4 Å². The third kappa shape index (κ3) is 6.04. The highest BCUT2D eigenvalue weighted by Gasteiger charge is 2.30. The van der Waals surface area contributed by atoms with Gasteiger partial charge in [0.2, 0.25) is 15.9 Å². The minimum atomic E-state index is -4.18. The normalized spacial score (nSPS) is 13.6. The summed E-state index contributed by atoms with van der Waals surface area (Å²) in [7, 11) is -2.64. The molecule has 0 spiro atoms. The number of hydrogen-bond donors (Lipinski definition) is 1. The van der Waals surface area contributed by atoms with Crippen molar-refractivity contribution in [3.05, 3.63) is 63.8 Å². The number of methoxy groups -OCH3 is 1. The second kappa shape index (κ2) is 11.4. The topological polar surface area (TPSA) is 146 Å². The molecule has 1 aliphatic rings. The van der Waals surface area contributed by atoms with Crippen molar-refractivity contribution in [1.29, 1.82) is 0 Å². The molecule has 39 heavy (non-hydrogen) atoms. The Kier molecular flexibility index (Phi) is 8.21. The monoisotopic (exact) mass is 557 g/mol. The molecule has 4 rings (SSSR count). The average molecular weight is 558 g/mol. The van der Waals surface area contributed by atoms with E-state index in [4.69, 9.17) is 9.47 Å². The maximum atomic E-state index is 13.3. The minimum absolute atomic E-state index is 0.000692. The van der Waals surface area contributed by atoms with Crippen molar-refractivity contribution in [2.75, 3.05) is 26.7 Å². The van der Waals surface area contributed by atoms with Crippen molar-refractivity contribution >= 4 is 21.6 Å². The number of aromatic nitrogens is 2. The van der Waals surface area contributed by atoms with Crippen LogP contribution in [-0.4, -0.2) is 60.7 Å². The average Bonchev–Trinajstić information content (AvgIpc) is 3.56. The second-order valence-corrected chi connectivity index (χ2v) is 11.4. The Morgan fingerprint density at radius 3 is 2.41 bits per heavy atom. The van der Waals surface area contributed by atoms with Crippen molar-refractivity contribution in [1.82, 2.24) is 19.4 Å². The van der Waals surface area contributed by atoms with E-state index in [-0.39, 0.29) is 35.7 Å². The number of ether oxygens (including phenoxy) is 2. The van der Waals surface area contributed by atoms with Gasteiger partial charge in [0.05, 0.1) is 17.7 Å². The van der Waals surface area contributed by atoms with Gasteiger partial charge in [0.25, 0.3) is 11.6 Å². The summed E-state index contributed by atoms with van der Waals surface area (Å²) in [6, 6.07) is 10.2. The Bertz CT molecular complexity index is 1480. The van der Waals surface area contributed by atoms with Crippen LogP contribution in [0, 0.1) is 23.0 Å². The summed E-state index contributed by atoms with van der Waals surface area (Å²) in [5.41, 5.74) is 0.711. The minimum Gasteiger partial charge on any atom is -0.497 e. The third-order valence-corrected chi connectivity index (χ3v) is 7.74. The quantitative estimate of drug-likeness (QED) is 0.290. The van der Waals surface area contributed by atoms with Crippen LogP contribution < -0.4 is 14.2 Å². The smallest absolute Gasteiger partial charge is 0.274 e. The number of nitrogens with zero attached hydrogens (tertiary/aromatic N) is 4. The number of non-ortho nitro benzene ring substituents is 1. The summed E-state index contributed by atoms with van der Waals surface area (Å²) < 4.78 is 41.7. The van der Waals surface area contributed by atoms with Gasteiger partial charge in [-0.1, -0.05) is 13.8 Å². The maximum Gasteiger partial charge on any atom is 0.274 e. The number of likely N-dealkylation sites (tertiary alicyclic amines) is 1. The van der Waals surface area contributed by atoms with E-state index in [0.29, 0.717) is 30.1 Å². The molecular formula is C26H31N5O7S. The zero-order chi connectivity index (χ0) is 28.3. The molecule has 0 atom stereocenters. The Hall–Kier alpha value is -3.97. The number of nitro groups is 1. The van der Waals surface area contributed by atoms with Gasteiger partial charge in [-0.3, -0.25) is 14.9 Å². The third-order valence-electron chi connectivity index (χ3n) is 6.30. The van der Waals surface area contributed by atoms with E-state index in [9.17, 15) is 23.3 Å². The van der Waals surface area contributed by atoms with Gasteiger partial charge in [-0.25, -0.2) is 13.1 Å². The Morgan fingerprint density at radius 2 is 1.82 bits per heavy atom. The van der Waals surface area contributed by atoms with Crippen LogP contribution in [0.1, 0.15) is 42.7 Å². The van der Waals surface area contributed by atoms with E-state index in [1.807, 2.05) is 13.8 Å². The lowest BCUT2D eigenvalue weighted by molar-refractivity contribution is -0.385. The molecule has 208 valence electrons. The molecule has 0 aliphatic carbocycles. The van der Waals surface area contributed by atoms with Gasteiger partial charge >= 0.3 is 0 Å². The first kappa shape index (κ1) is 28.0. The zero-order valence-corrected chi connectivity index (χ0v) is 23.0. The van der Waals surface area contributed by atoms with Crippen LogP contribution in [0.4, 0.5) is 5.69 Å². The summed E-state index contributed by atoms with van der Waals surface area (Å²) in [5.74, 6) is 0.322. The number of nitro benzene ring substituents is 1. The molecule has 1 N–H and O–H groups in total. The maximum absolute atomic E-state index is 13.3. The lowest BCUT2D eigenvalue weighted by Gasteiger charge is -2.15. The van der Waals surface area contributed by atoms with Crippen LogP contribution in [0.25, 0.3) is 5.69 Å². The van der Waals surface area contributed by atoms with Gasteiger partial charge in [-0.05, 0) is 56.0 Å². The number of carbonyl (C=O) groups excluding carboxylic acids is 1. The summed E-state index contributed by atoms with van der Waals surface area (Å²) in [5, 5.41) is 16.0. The summed E-state index contributed by atoms with van der Waals surface area (Å²) in [4.78, 5) is 25.4. The Labute approximate surface area is 226 Å². The molecule has 0 unspecified atom stereocenters. The Morgan fingerprint density at radius 1 is 1.15 bits per heavy atom. The largest absolute Gasteiger partial charge is 0.497 e. The standard InChI is InChI=1S/C26H31N5O7S/c1-17(2)16-27-39(35,36)23-15-20(31(33)34)9-12-22(23)38-26-18(3)24(25(32)29-13-5-6-14-29)28-30(26)19-7-10-21(37-4)11-8-19/h7-12,15,17,27H,5-6,13-14,16H2,1-4H3. The fourth-order valence-electron chi connectivity index (χ4n) is 4.13. The van der Waals surface area contributed by atoms with E-state index >= 15 is 0 Å². The van der Waals surface area contributed by atoms with Gasteiger partial charge in [0, 0.05) is 37.3 Å². The van der Waals surface area contributed by atoms with E-state index in [1.54, 1.807) is 36.1 Å². The molecule has 2 heterocycles. The highest BCUT2D eigenvalue weighted by molar-refractivity contribution is 7.89. The van der Waals surface area contributed by atoms with Gasteiger partial charge in [-0.2, -0.15) is 9.78 Å². The first-order valence-corrected chi connectivity index (χ1v) is 14.0. The number of nitrogens with one attached hydrogen (secondary N) is 1. The number of rotatable bonds is 10. The van der Waals surface area contributed by atoms with E-state index in [0.717, 1.165) is 25.0 Å². The number of sulfonamides is 1. The van der Waals surface area contributed by atoms with E-state index in [2.05, 4.69) is 9.82 Å². The molecule has 2 aromatic carbocycles. The lowest BCUT2D eigenvalue weighted by atomic mass is 10.2. The van der Waals surface area contributed by atoms with Gasteiger partial charge in [0.15, 0.2) is 5.69 Å². The van der Waals surface area contributed by atoms with Crippen LogP contribution >= 0.6 is 0 Å². The van der Waals surface area contributed by atoms with Crippen LogP contribution in [0.3, 0.4) is 0 Å². The van der Waals surface area contributed by atoms with Crippen molar-refractivity contribution in [3.63, 3.8) is 0 Å². The highest BCUT2D eigenvalue weighted by atomic mass is 32.2. The molecule has 0 saturated carbocycles. The molecule has 1 fully saturated rings. The van der Waals surface area contributed by atoms with Gasteiger partial charge in [-0.15, -0.1) is 0 Å². The van der Waals surface area contributed by atoms with Crippen LogP contribution in [0.2, 0.25) is 0 Å². The van der Waals surface area contributed by atoms with Crippen LogP contribution in [-0.2, 0) is 10.0 Å². The van der Waals surface area contributed by atoms with Crippen LogP contribution in [0.15, 0.2) is 47.4 Å². The predicted octanol–water partition coefficient (Wildman–Crippen LogP) is 4.06. The van der Waals surface area contributed by atoms with Gasteiger partial charge in [0.1, 0.15) is 16.4 Å². The highest BCUT2D eigenvalue weighted by Crippen LogP contribution is 2.36. The van der Waals surface area contributed by atoms with E-state index < -0.39 is 25.5 Å². The predicted molar refractivity (Wildman–Crippen MR) is 143 cm³/mol. The zero-order valence-electron chi connectivity index (χ0n) is 22.2. The van der Waals surface area contributed by atoms with Crippen molar-refractivity contribution < 1.29 is 27.6 Å². The molecule has 0 bridgehead atoms. The number of hydrogen-bond acceptors (Lipinski definition) is 8. The summed E-state index contributed by atoms with van der Waals surface area (Å²) in [6.45, 7) is 6.71. The van der Waals surface area contributed by atoms with Crippen molar-refractivity contribution in [2.45, 2.75) is 38.5 Å². The molecule has 1 saturated heterocycles. The number of amides is 1. The molecule has 13 heteroatoms. The number of carbonyl (C=O) groups is 1. The SMILES string of the molecule is COc1ccc(-n2nc(C(=O)N3CCCC3)c(C)c2Oc2ccc([N+](=O)[O-])cc2S(=O)(=O)NCC(C)C)cc1.